The van der Waals surface area contributed by atoms with Crippen molar-refractivity contribution in [1.82, 2.24) is 10.0 Å². The van der Waals surface area contributed by atoms with Gasteiger partial charge in [-0.05, 0) is 49.9 Å². The van der Waals surface area contributed by atoms with Crippen LogP contribution < -0.4 is 0 Å². The van der Waals surface area contributed by atoms with Crippen molar-refractivity contribution in [1.29, 1.82) is 0 Å². The van der Waals surface area contributed by atoms with Crippen LogP contribution in [0.5, 0.6) is 0 Å². The number of aryl methyl sites for hydroxylation is 1. The van der Waals surface area contributed by atoms with Crippen LogP contribution in [0, 0.1) is 18.8 Å². The van der Waals surface area contributed by atoms with Crippen molar-refractivity contribution in [2.45, 2.75) is 38.7 Å². The summed E-state index contributed by atoms with van der Waals surface area (Å²) < 4.78 is 5.38. The Balaban J connectivity index is 1.89. The fraction of sp³-hybridized carbons (Fsp3) is 0.474. The topological polar surface area (TPSA) is 49.9 Å². The van der Waals surface area contributed by atoms with Crippen LogP contribution in [0.4, 0.5) is 0 Å². The monoisotopic (exact) mass is 326 g/mol. The van der Waals surface area contributed by atoms with E-state index in [9.17, 15) is 9.59 Å². The van der Waals surface area contributed by atoms with Crippen LogP contribution in [0.2, 0.25) is 0 Å². The summed E-state index contributed by atoms with van der Waals surface area (Å²) in [4.78, 5) is 25.7. The maximum atomic E-state index is 12.9. The summed E-state index contributed by atoms with van der Waals surface area (Å²) in [6, 6.07) is 5.67. The molecule has 1 aromatic rings. The molecule has 3 rings (SSSR count). The molecule has 0 saturated carbocycles. The normalized spacial score (nSPS) is 19.1. The molecule has 1 aromatic carbocycles. The van der Waals surface area contributed by atoms with E-state index in [4.69, 9.17) is 4.74 Å². The fourth-order valence-electron chi connectivity index (χ4n) is 3.50. The van der Waals surface area contributed by atoms with Crippen molar-refractivity contribution in [2.24, 2.45) is 0 Å². The van der Waals surface area contributed by atoms with Gasteiger partial charge in [0, 0.05) is 25.8 Å². The molecule has 0 unspecified atom stereocenters. The van der Waals surface area contributed by atoms with Crippen LogP contribution in [0.15, 0.2) is 18.2 Å². The third-order valence-corrected chi connectivity index (χ3v) is 4.80. The van der Waals surface area contributed by atoms with Crippen molar-refractivity contribution in [3.8, 4) is 11.8 Å². The number of carbonyl (C=O) groups is 2. The number of methoxy groups -OCH3 is 1. The lowest BCUT2D eigenvalue weighted by molar-refractivity contribution is -0.145. The first kappa shape index (κ1) is 16.5. The number of rotatable bonds is 2. The fourth-order valence-corrected chi connectivity index (χ4v) is 3.50. The number of hydrazine groups is 1. The molecule has 2 aliphatic heterocycles. The number of amides is 2. The number of hydrogen-bond donors (Lipinski definition) is 0. The van der Waals surface area contributed by atoms with Gasteiger partial charge in [0.2, 0.25) is 0 Å². The van der Waals surface area contributed by atoms with Gasteiger partial charge in [-0.1, -0.05) is 12.0 Å². The Bertz CT molecular complexity index is 706. The van der Waals surface area contributed by atoms with Crippen LogP contribution in [-0.4, -0.2) is 48.1 Å². The second-order valence-electron chi connectivity index (χ2n) is 6.24. The second-order valence-corrected chi connectivity index (χ2v) is 6.24. The SMILES string of the molecule is CC#Cc1ccc(C2C(=O)N3CCC(OC)CCN3C2=O)c(C)c1. The van der Waals surface area contributed by atoms with Gasteiger partial charge in [-0.25, -0.2) is 0 Å². The van der Waals surface area contributed by atoms with Crippen molar-refractivity contribution in [2.75, 3.05) is 20.2 Å². The molecule has 0 aromatic heterocycles. The Morgan fingerprint density at radius 2 is 1.75 bits per heavy atom. The van der Waals surface area contributed by atoms with Gasteiger partial charge in [0.25, 0.3) is 11.8 Å². The molecule has 2 aliphatic rings. The highest BCUT2D eigenvalue weighted by atomic mass is 16.5. The summed E-state index contributed by atoms with van der Waals surface area (Å²) in [6.07, 6.45) is 1.61. The molecule has 0 N–H and O–H groups in total. The molecule has 5 heteroatoms. The van der Waals surface area contributed by atoms with Crippen molar-refractivity contribution in [3.05, 3.63) is 34.9 Å². The molecule has 2 heterocycles. The van der Waals surface area contributed by atoms with E-state index in [1.165, 1.54) is 0 Å². The van der Waals surface area contributed by atoms with Gasteiger partial charge in [0.05, 0.1) is 6.10 Å². The summed E-state index contributed by atoms with van der Waals surface area (Å²) in [5.41, 5.74) is 2.60. The zero-order valence-electron chi connectivity index (χ0n) is 14.3. The quantitative estimate of drug-likeness (QED) is 0.615. The highest BCUT2D eigenvalue weighted by Gasteiger charge is 2.47. The van der Waals surface area contributed by atoms with Crippen LogP contribution in [0.1, 0.15) is 42.4 Å². The van der Waals surface area contributed by atoms with Gasteiger partial charge in [0.15, 0.2) is 0 Å². The Labute approximate surface area is 142 Å². The van der Waals surface area contributed by atoms with Crippen molar-refractivity contribution in [3.63, 3.8) is 0 Å². The third kappa shape index (κ3) is 2.78. The minimum Gasteiger partial charge on any atom is -0.381 e. The largest absolute Gasteiger partial charge is 0.381 e. The molecule has 2 amide bonds. The van der Waals surface area contributed by atoms with Crippen molar-refractivity contribution >= 4 is 11.8 Å². The first-order valence-electron chi connectivity index (χ1n) is 8.25. The van der Waals surface area contributed by atoms with E-state index in [2.05, 4.69) is 11.8 Å². The molecule has 0 spiro atoms. The van der Waals surface area contributed by atoms with Gasteiger partial charge in [-0.3, -0.25) is 19.6 Å². The third-order valence-electron chi connectivity index (χ3n) is 4.80. The Kier molecular flexibility index (Phi) is 4.59. The number of ether oxygens (including phenoxy) is 1. The van der Waals surface area contributed by atoms with Crippen LogP contribution >= 0.6 is 0 Å². The molecule has 0 radical (unpaired) electrons. The average Bonchev–Trinajstić information content (AvgIpc) is 2.72. The Morgan fingerprint density at radius 1 is 1.12 bits per heavy atom. The minimum absolute atomic E-state index is 0.100. The molecule has 5 nitrogen and oxygen atoms in total. The molecule has 0 bridgehead atoms. The van der Waals surface area contributed by atoms with Gasteiger partial charge >= 0.3 is 0 Å². The lowest BCUT2D eigenvalue weighted by Gasteiger charge is -2.24. The van der Waals surface area contributed by atoms with Crippen LogP contribution in [0.25, 0.3) is 0 Å². The zero-order chi connectivity index (χ0) is 17.3. The number of fused-ring (bicyclic) bond motifs is 1. The number of hydrogen-bond acceptors (Lipinski definition) is 3. The van der Waals surface area contributed by atoms with E-state index in [0.29, 0.717) is 13.1 Å². The van der Waals surface area contributed by atoms with E-state index in [0.717, 1.165) is 29.5 Å². The lowest BCUT2D eigenvalue weighted by atomic mass is 9.92. The van der Waals surface area contributed by atoms with Gasteiger partial charge in [-0.15, -0.1) is 5.92 Å². The molecular weight excluding hydrogens is 304 g/mol. The summed E-state index contributed by atoms with van der Waals surface area (Å²) >= 11 is 0. The molecule has 0 aliphatic carbocycles. The van der Waals surface area contributed by atoms with Crippen LogP contribution in [0.3, 0.4) is 0 Å². The highest BCUT2D eigenvalue weighted by molar-refractivity contribution is 6.10. The predicted octanol–water partition coefficient (Wildman–Crippen LogP) is 1.84. The van der Waals surface area contributed by atoms with Crippen molar-refractivity contribution < 1.29 is 14.3 Å². The molecule has 0 atom stereocenters. The maximum Gasteiger partial charge on any atom is 0.258 e. The molecule has 2 fully saturated rings. The first-order chi connectivity index (χ1) is 11.6. The second kappa shape index (κ2) is 6.66. The van der Waals surface area contributed by atoms with Gasteiger partial charge in [0.1, 0.15) is 5.92 Å². The first-order valence-corrected chi connectivity index (χ1v) is 8.25. The van der Waals surface area contributed by atoms with Gasteiger partial charge in [-0.2, -0.15) is 0 Å². The van der Waals surface area contributed by atoms with E-state index in [1.807, 2.05) is 25.1 Å². The molecule has 2 saturated heterocycles. The number of nitrogens with zero attached hydrogens (tertiary/aromatic N) is 2. The maximum absolute atomic E-state index is 12.9. The van der Waals surface area contributed by atoms with Crippen LogP contribution in [-0.2, 0) is 14.3 Å². The standard InChI is InChI=1S/C19H22N2O3/c1-4-5-14-6-7-16(13(2)12-14)17-18(22)20-10-8-15(24-3)9-11-21(20)19(17)23/h6-7,12,15,17H,8-11H2,1-3H3. The minimum atomic E-state index is -0.729. The predicted molar refractivity (Wildman–Crippen MR) is 89.9 cm³/mol. The Morgan fingerprint density at radius 3 is 2.25 bits per heavy atom. The summed E-state index contributed by atoms with van der Waals surface area (Å²) in [5, 5.41) is 3.20. The Hall–Kier alpha value is -2.32. The molecular formula is C19H22N2O3. The average molecular weight is 326 g/mol. The number of carbonyl (C=O) groups excluding carboxylic acids is 2. The smallest absolute Gasteiger partial charge is 0.258 e. The molecule has 126 valence electrons. The summed E-state index contributed by atoms with van der Waals surface area (Å²) in [6.45, 7) is 4.77. The summed E-state index contributed by atoms with van der Waals surface area (Å²) in [7, 11) is 1.67. The van der Waals surface area contributed by atoms with E-state index >= 15 is 0 Å². The van der Waals surface area contributed by atoms with E-state index in [-0.39, 0.29) is 17.9 Å². The number of benzene rings is 1. The molecule has 24 heavy (non-hydrogen) atoms. The van der Waals surface area contributed by atoms with E-state index in [1.54, 1.807) is 24.1 Å². The van der Waals surface area contributed by atoms with Gasteiger partial charge < -0.3 is 4.74 Å². The van der Waals surface area contributed by atoms with E-state index < -0.39 is 5.92 Å². The lowest BCUT2D eigenvalue weighted by Crippen LogP contribution is -2.40. The highest BCUT2D eigenvalue weighted by Crippen LogP contribution is 2.33. The summed E-state index contributed by atoms with van der Waals surface area (Å²) in [5.74, 6) is 4.88. The zero-order valence-corrected chi connectivity index (χ0v) is 14.3.